The van der Waals surface area contributed by atoms with Gasteiger partial charge in [-0.3, -0.25) is 0 Å². The van der Waals surface area contributed by atoms with Gasteiger partial charge in [-0.25, -0.2) is 0 Å². The molecule has 1 aromatic carbocycles. The quantitative estimate of drug-likeness (QED) is 0.507. The molecule has 1 aromatic rings. The first kappa shape index (κ1) is 13.0. The molecule has 16 heavy (non-hydrogen) atoms. The highest BCUT2D eigenvalue weighted by molar-refractivity contribution is 5.50. The van der Waals surface area contributed by atoms with Crippen LogP contribution in [0.3, 0.4) is 0 Å². The summed E-state index contributed by atoms with van der Waals surface area (Å²) in [6.45, 7) is 6.93. The molecule has 0 aliphatic carbocycles. The first-order valence-corrected chi connectivity index (χ1v) is 5.94. The Labute approximate surface area is 98.2 Å². The molecular weight excluding hydrogens is 198 g/mol. The van der Waals surface area contributed by atoms with E-state index in [1.54, 1.807) is 0 Å². The van der Waals surface area contributed by atoms with Crippen LogP contribution in [-0.2, 0) is 6.54 Å². The van der Waals surface area contributed by atoms with Crippen molar-refractivity contribution < 1.29 is 0 Å². The summed E-state index contributed by atoms with van der Waals surface area (Å²) in [5, 5.41) is 3.37. The predicted octanol–water partition coefficient (Wildman–Crippen LogP) is 1.83. The van der Waals surface area contributed by atoms with Gasteiger partial charge in [0.1, 0.15) is 0 Å². The van der Waals surface area contributed by atoms with Gasteiger partial charge >= 0.3 is 0 Å². The van der Waals surface area contributed by atoms with Crippen molar-refractivity contribution in [3.05, 3.63) is 29.3 Å². The maximum absolute atomic E-state index is 5.93. The van der Waals surface area contributed by atoms with Crippen molar-refractivity contribution in [2.75, 3.05) is 18.8 Å². The van der Waals surface area contributed by atoms with Gasteiger partial charge in [0.15, 0.2) is 0 Å². The summed E-state index contributed by atoms with van der Waals surface area (Å²) in [5.74, 6) is 0.476. The van der Waals surface area contributed by atoms with Gasteiger partial charge in [-0.05, 0) is 42.6 Å². The summed E-state index contributed by atoms with van der Waals surface area (Å²) < 4.78 is 0. The van der Waals surface area contributed by atoms with E-state index < -0.39 is 0 Å². The summed E-state index contributed by atoms with van der Waals surface area (Å²) in [7, 11) is 0. The van der Waals surface area contributed by atoms with Gasteiger partial charge < -0.3 is 16.8 Å². The standard InChI is InChI=1S/C13H23N3/c1-10(2)12-8-11(4-5-13(12)15)9-16-7-3-6-14/h4-5,8,10,16H,3,6-7,9,14-15H2,1-2H3. The van der Waals surface area contributed by atoms with E-state index >= 15 is 0 Å². The normalized spacial score (nSPS) is 11.0. The summed E-state index contributed by atoms with van der Waals surface area (Å²) in [4.78, 5) is 0. The highest BCUT2D eigenvalue weighted by atomic mass is 14.8. The second-order valence-corrected chi connectivity index (χ2v) is 4.44. The molecule has 0 heterocycles. The maximum Gasteiger partial charge on any atom is 0.0349 e. The van der Waals surface area contributed by atoms with Crippen LogP contribution in [0, 0.1) is 0 Å². The van der Waals surface area contributed by atoms with Crippen LogP contribution in [0.1, 0.15) is 37.3 Å². The SMILES string of the molecule is CC(C)c1cc(CNCCCN)ccc1N. The van der Waals surface area contributed by atoms with Gasteiger partial charge in [0.2, 0.25) is 0 Å². The Bertz CT molecular complexity index is 321. The van der Waals surface area contributed by atoms with Crippen LogP contribution in [0.25, 0.3) is 0 Å². The van der Waals surface area contributed by atoms with Gasteiger partial charge in [-0.1, -0.05) is 26.0 Å². The fourth-order valence-electron chi connectivity index (χ4n) is 1.69. The molecule has 0 aliphatic rings. The number of hydrogen-bond acceptors (Lipinski definition) is 3. The Hall–Kier alpha value is -1.06. The highest BCUT2D eigenvalue weighted by Crippen LogP contribution is 2.22. The van der Waals surface area contributed by atoms with E-state index in [-0.39, 0.29) is 0 Å². The molecule has 0 bridgehead atoms. The molecule has 5 N–H and O–H groups in total. The van der Waals surface area contributed by atoms with Crippen LogP contribution >= 0.6 is 0 Å². The van der Waals surface area contributed by atoms with E-state index in [1.807, 2.05) is 6.07 Å². The second-order valence-electron chi connectivity index (χ2n) is 4.44. The van der Waals surface area contributed by atoms with Crippen molar-refractivity contribution in [3.63, 3.8) is 0 Å². The minimum atomic E-state index is 0.476. The first-order chi connectivity index (χ1) is 7.65. The second kappa shape index (κ2) is 6.51. The third-order valence-electron chi connectivity index (χ3n) is 2.66. The lowest BCUT2D eigenvalue weighted by molar-refractivity contribution is 0.654. The number of nitrogens with two attached hydrogens (primary N) is 2. The molecule has 1 rings (SSSR count). The van der Waals surface area contributed by atoms with Crippen LogP contribution < -0.4 is 16.8 Å². The minimum absolute atomic E-state index is 0.476. The van der Waals surface area contributed by atoms with E-state index in [1.165, 1.54) is 11.1 Å². The zero-order valence-corrected chi connectivity index (χ0v) is 10.3. The third-order valence-corrected chi connectivity index (χ3v) is 2.66. The molecular formula is C13H23N3. The number of nitrogen functional groups attached to an aromatic ring is 1. The summed E-state index contributed by atoms with van der Waals surface area (Å²) >= 11 is 0. The van der Waals surface area contributed by atoms with Crippen LogP contribution in [0.4, 0.5) is 5.69 Å². The van der Waals surface area contributed by atoms with E-state index in [2.05, 4.69) is 31.3 Å². The minimum Gasteiger partial charge on any atom is -0.398 e. The molecule has 0 saturated carbocycles. The van der Waals surface area contributed by atoms with Crippen molar-refractivity contribution >= 4 is 5.69 Å². The number of hydrogen-bond donors (Lipinski definition) is 3. The lowest BCUT2D eigenvalue weighted by Crippen LogP contribution is -2.17. The zero-order valence-electron chi connectivity index (χ0n) is 10.3. The lowest BCUT2D eigenvalue weighted by atomic mass is 9.99. The monoisotopic (exact) mass is 221 g/mol. The number of benzene rings is 1. The van der Waals surface area contributed by atoms with E-state index in [4.69, 9.17) is 11.5 Å². The summed E-state index contributed by atoms with van der Waals surface area (Å²) in [5.41, 5.74) is 14.8. The van der Waals surface area contributed by atoms with Crippen molar-refractivity contribution in [1.29, 1.82) is 0 Å². The molecule has 0 unspecified atom stereocenters. The molecule has 0 fully saturated rings. The molecule has 0 aliphatic heterocycles. The van der Waals surface area contributed by atoms with Gasteiger partial charge in [0.05, 0.1) is 0 Å². The molecule has 0 amide bonds. The molecule has 0 atom stereocenters. The number of anilines is 1. The molecule has 3 heteroatoms. The lowest BCUT2D eigenvalue weighted by Gasteiger charge is -2.12. The largest absolute Gasteiger partial charge is 0.398 e. The predicted molar refractivity (Wildman–Crippen MR) is 70.3 cm³/mol. The average Bonchev–Trinajstić information content (AvgIpc) is 2.26. The van der Waals surface area contributed by atoms with Crippen LogP contribution in [-0.4, -0.2) is 13.1 Å². The van der Waals surface area contributed by atoms with E-state index in [9.17, 15) is 0 Å². The number of rotatable bonds is 6. The number of nitrogens with one attached hydrogen (secondary N) is 1. The summed E-state index contributed by atoms with van der Waals surface area (Å²) in [6.07, 6.45) is 1.02. The van der Waals surface area contributed by atoms with E-state index in [0.717, 1.165) is 31.7 Å². The maximum atomic E-state index is 5.93. The zero-order chi connectivity index (χ0) is 12.0. The fourth-order valence-corrected chi connectivity index (χ4v) is 1.69. The summed E-state index contributed by atoms with van der Waals surface area (Å²) in [6, 6.07) is 6.27. The van der Waals surface area contributed by atoms with Gasteiger partial charge in [-0.2, -0.15) is 0 Å². The van der Waals surface area contributed by atoms with Crippen molar-refractivity contribution in [2.24, 2.45) is 5.73 Å². The average molecular weight is 221 g/mol. The van der Waals surface area contributed by atoms with Gasteiger partial charge in [0, 0.05) is 12.2 Å². The van der Waals surface area contributed by atoms with Crippen LogP contribution in [0.5, 0.6) is 0 Å². The van der Waals surface area contributed by atoms with Crippen LogP contribution in [0.2, 0.25) is 0 Å². The molecule has 90 valence electrons. The first-order valence-electron chi connectivity index (χ1n) is 5.94. The van der Waals surface area contributed by atoms with E-state index in [0.29, 0.717) is 5.92 Å². The van der Waals surface area contributed by atoms with Crippen molar-refractivity contribution in [1.82, 2.24) is 5.32 Å². The van der Waals surface area contributed by atoms with Gasteiger partial charge in [0.25, 0.3) is 0 Å². The Kier molecular flexibility index (Phi) is 5.29. The molecule has 0 saturated heterocycles. The molecule has 0 radical (unpaired) electrons. The molecule has 0 spiro atoms. The Morgan fingerprint density at radius 2 is 2.06 bits per heavy atom. The molecule has 3 nitrogen and oxygen atoms in total. The molecule has 0 aromatic heterocycles. The Morgan fingerprint density at radius 3 is 2.69 bits per heavy atom. The van der Waals surface area contributed by atoms with Gasteiger partial charge in [-0.15, -0.1) is 0 Å². The Morgan fingerprint density at radius 1 is 1.31 bits per heavy atom. The highest BCUT2D eigenvalue weighted by Gasteiger charge is 2.04. The van der Waals surface area contributed by atoms with Crippen molar-refractivity contribution in [3.8, 4) is 0 Å². The Balaban J connectivity index is 2.57. The smallest absolute Gasteiger partial charge is 0.0349 e. The van der Waals surface area contributed by atoms with Crippen LogP contribution in [0.15, 0.2) is 18.2 Å². The fraction of sp³-hybridized carbons (Fsp3) is 0.538. The third kappa shape index (κ3) is 3.83. The van der Waals surface area contributed by atoms with Crippen molar-refractivity contribution in [2.45, 2.75) is 32.7 Å². The topological polar surface area (TPSA) is 64.1 Å².